The van der Waals surface area contributed by atoms with E-state index in [9.17, 15) is 14.4 Å². The van der Waals surface area contributed by atoms with Crippen LogP contribution in [0.3, 0.4) is 0 Å². The summed E-state index contributed by atoms with van der Waals surface area (Å²) in [5.41, 5.74) is 0.847. The molecule has 0 saturated carbocycles. The predicted octanol–water partition coefficient (Wildman–Crippen LogP) is 2.69. The highest BCUT2D eigenvalue weighted by atomic mass is 35.5. The third-order valence-electron chi connectivity index (χ3n) is 4.44. The fourth-order valence-corrected chi connectivity index (χ4v) is 3.48. The van der Waals surface area contributed by atoms with Crippen molar-refractivity contribution in [3.05, 3.63) is 58.0 Å². The molecular formula is C19H19Cl2N3O4. The highest BCUT2D eigenvalue weighted by Crippen LogP contribution is 2.20. The molecule has 3 rings (SSSR count). The zero-order valence-corrected chi connectivity index (χ0v) is 16.5. The van der Waals surface area contributed by atoms with Crippen molar-refractivity contribution in [2.75, 3.05) is 32.7 Å². The minimum atomic E-state index is -0.280. The Labute approximate surface area is 172 Å². The molecule has 1 aromatic heterocycles. The molecule has 1 aromatic carbocycles. The van der Waals surface area contributed by atoms with Crippen LogP contribution in [0.25, 0.3) is 0 Å². The van der Waals surface area contributed by atoms with E-state index < -0.39 is 0 Å². The summed E-state index contributed by atoms with van der Waals surface area (Å²) in [6, 6.07) is 6.29. The standard InChI is InChI=1S/C19H19Cl2N3O4/c20-15-9-14(10-16(21)11-15)19(27)24-6-4-23(5-7-24)17(25)1-3-22-18(26)13-2-8-28-12-13/h2,8-12H,1,3-7H2,(H,22,26). The first-order chi connectivity index (χ1) is 13.4. The smallest absolute Gasteiger partial charge is 0.254 e. The highest BCUT2D eigenvalue weighted by Gasteiger charge is 2.25. The van der Waals surface area contributed by atoms with Gasteiger partial charge in [-0.15, -0.1) is 0 Å². The average molecular weight is 424 g/mol. The maximum absolute atomic E-state index is 12.6. The Hall–Kier alpha value is -2.51. The monoisotopic (exact) mass is 423 g/mol. The van der Waals surface area contributed by atoms with Crippen molar-refractivity contribution >= 4 is 40.9 Å². The molecule has 148 valence electrons. The van der Waals surface area contributed by atoms with Crippen molar-refractivity contribution in [2.24, 2.45) is 0 Å². The first-order valence-corrected chi connectivity index (χ1v) is 9.53. The lowest BCUT2D eigenvalue weighted by Gasteiger charge is -2.35. The number of amides is 3. The Morgan fingerprint density at radius 3 is 2.21 bits per heavy atom. The van der Waals surface area contributed by atoms with Crippen LogP contribution in [0.15, 0.2) is 41.2 Å². The molecule has 0 aliphatic carbocycles. The van der Waals surface area contributed by atoms with Gasteiger partial charge >= 0.3 is 0 Å². The van der Waals surface area contributed by atoms with E-state index in [1.807, 2.05) is 0 Å². The molecule has 0 radical (unpaired) electrons. The lowest BCUT2D eigenvalue weighted by molar-refractivity contribution is -0.132. The van der Waals surface area contributed by atoms with Gasteiger partial charge in [0.2, 0.25) is 5.91 Å². The first kappa shape index (κ1) is 20.2. The van der Waals surface area contributed by atoms with Crippen LogP contribution in [0.4, 0.5) is 0 Å². The summed E-state index contributed by atoms with van der Waals surface area (Å²) in [6.07, 6.45) is 2.96. The number of piperazine rings is 1. The fourth-order valence-electron chi connectivity index (χ4n) is 2.96. The summed E-state index contributed by atoms with van der Waals surface area (Å²) in [7, 11) is 0. The van der Waals surface area contributed by atoms with Crippen molar-refractivity contribution in [3.8, 4) is 0 Å². The van der Waals surface area contributed by atoms with Gasteiger partial charge in [-0.05, 0) is 24.3 Å². The summed E-state index contributed by atoms with van der Waals surface area (Å²) in [5.74, 6) is -0.508. The van der Waals surface area contributed by atoms with Gasteiger partial charge in [0, 0.05) is 54.8 Å². The normalized spacial score (nSPS) is 14.1. The van der Waals surface area contributed by atoms with Crippen LogP contribution in [0.1, 0.15) is 27.1 Å². The third kappa shape index (κ3) is 5.05. The second kappa shape index (κ2) is 9.12. The largest absolute Gasteiger partial charge is 0.472 e. The van der Waals surface area contributed by atoms with Gasteiger partial charge in [-0.3, -0.25) is 14.4 Å². The van der Waals surface area contributed by atoms with Gasteiger partial charge in [0.25, 0.3) is 11.8 Å². The summed E-state index contributed by atoms with van der Waals surface area (Å²) in [6.45, 7) is 1.97. The molecule has 1 aliphatic rings. The van der Waals surface area contributed by atoms with Gasteiger partial charge in [-0.1, -0.05) is 23.2 Å². The molecule has 9 heteroatoms. The first-order valence-electron chi connectivity index (χ1n) is 8.77. The second-order valence-electron chi connectivity index (χ2n) is 6.35. The van der Waals surface area contributed by atoms with Crippen molar-refractivity contribution in [1.29, 1.82) is 0 Å². The number of nitrogens with one attached hydrogen (secondary N) is 1. The van der Waals surface area contributed by atoms with E-state index in [2.05, 4.69) is 5.32 Å². The molecule has 1 saturated heterocycles. The number of benzene rings is 1. The van der Waals surface area contributed by atoms with E-state index in [-0.39, 0.29) is 30.7 Å². The Bertz CT molecular complexity index is 842. The summed E-state index contributed by atoms with van der Waals surface area (Å²) < 4.78 is 4.85. The number of carbonyl (C=O) groups is 3. The lowest BCUT2D eigenvalue weighted by Crippen LogP contribution is -2.51. The van der Waals surface area contributed by atoms with Crippen LogP contribution in [0, 0.1) is 0 Å². The lowest BCUT2D eigenvalue weighted by atomic mass is 10.1. The van der Waals surface area contributed by atoms with Gasteiger partial charge in [-0.2, -0.15) is 0 Å². The second-order valence-corrected chi connectivity index (χ2v) is 7.22. The van der Waals surface area contributed by atoms with E-state index >= 15 is 0 Å². The van der Waals surface area contributed by atoms with E-state index in [1.165, 1.54) is 12.5 Å². The van der Waals surface area contributed by atoms with Gasteiger partial charge in [0.1, 0.15) is 6.26 Å². The molecular weight excluding hydrogens is 405 g/mol. The fraction of sp³-hybridized carbons (Fsp3) is 0.316. The molecule has 0 spiro atoms. The molecule has 1 aliphatic heterocycles. The SMILES string of the molecule is O=C(NCCC(=O)N1CCN(C(=O)c2cc(Cl)cc(Cl)c2)CC1)c1ccoc1. The number of halogens is 2. The number of furan rings is 1. The van der Waals surface area contributed by atoms with E-state index in [0.29, 0.717) is 47.4 Å². The number of rotatable bonds is 5. The number of carbonyl (C=O) groups excluding carboxylic acids is 3. The Balaban J connectivity index is 1.44. The van der Waals surface area contributed by atoms with Crippen LogP contribution in [0.2, 0.25) is 10.0 Å². The molecule has 0 atom stereocenters. The summed E-state index contributed by atoms with van der Waals surface area (Å²) >= 11 is 11.9. The number of hydrogen-bond acceptors (Lipinski definition) is 4. The molecule has 2 heterocycles. The molecule has 1 N–H and O–H groups in total. The van der Waals surface area contributed by atoms with Crippen molar-refractivity contribution in [2.45, 2.75) is 6.42 Å². The van der Waals surface area contributed by atoms with E-state index in [0.717, 1.165) is 0 Å². The van der Waals surface area contributed by atoms with Gasteiger partial charge in [-0.25, -0.2) is 0 Å². The molecule has 0 unspecified atom stereocenters. The molecule has 0 bridgehead atoms. The minimum Gasteiger partial charge on any atom is -0.472 e. The van der Waals surface area contributed by atoms with Crippen LogP contribution < -0.4 is 5.32 Å². The zero-order valence-electron chi connectivity index (χ0n) is 15.0. The zero-order chi connectivity index (χ0) is 20.1. The van der Waals surface area contributed by atoms with Crippen molar-refractivity contribution in [1.82, 2.24) is 15.1 Å². The Morgan fingerprint density at radius 1 is 0.964 bits per heavy atom. The Kier molecular flexibility index (Phi) is 6.59. The average Bonchev–Trinajstić information content (AvgIpc) is 3.21. The number of nitrogens with zero attached hydrogens (tertiary/aromatic N) is 2. The topological polar surface area (TPSA) is 82.9 Å². The van der Waals surface area contributed by atoms with Crippen LogP contribution in [-0.2, 0) is 4.79 Å². The van der Waals surface area contributed by atoms with Gasteiger partial charge in [0.15, 0.2) is 0 Å². The Morgan fingerprint density at radius 2 is 1.61 bits per heavy atom. The predicted molar refractivity (Wildman–Crippen MR) is 105 cm³/mol. The summed E-state index contributed by atoms with van der Waals surface area (Å²) in [4.78, 5) is 40.1. The highest BCUT2D eigenvalue weighted by molar-refractivity contribution is 6.35. The maximum atomic E-state index is 12.6. The maximum Gasteiger partial charge on any atom is 0.254 e. The van der Waals surface area contributed by atoms with Crippen LogP contribution in [-0.4, -0.2) is 60.2 Å². The minimum absolute atomic E-state index is 0.0645. The quantitative estimate of drug-likeness (QED) is 0.800. The van der Waals surface area contributed by atoms with Crippen molar-refractivity contribution in [3.63, 3.8) is 0 Å². The van der Waals surface area contributed by atoms with E-state index in [1.54, 1.807) is 34.1 Å². The molecule has 2 aromatic rings. The molecule has 28 heavy (non-hydrogen) atoms. The van der Waals surface area contributed by atoms with Gasteiger partial charge in [0.05, 0.1) is 11.8 Å². The van der Waals surface area contributed by atoms with Crippen LogP contribution >= 0.6 is 23.2 Å². The molecule has 3 amide bonds. The number of hydrogen-bond donors (Lipinski definition) is 1. The van der Waals surface area contributed by atoms with Gasteiger partial charge < -0.3 is 19.5 Å². The van der Waals surface area contributed by atoms with E-state index in [4.69, 9.17) is 27.6 Å². The van der Waals surface area contributed by atoms with Crippen LogP contribution in [0.5, 0.6) is 0 Å². The molecule has 7 nitrogen and oxygen atoms in total. The summed E-state index contributed by atoms with van der Waals surface area (Å²) in [5, 5.41) is 3.49. The third-order valence-corrected chi connectivity index (χ3v) is 4.87. The molecule has 1 fully saturated rings. The van der Waals surface area contributed by atoms with Crippen molar-refractivity contribution < 1.29 is 18.8 Å².